The Labute approximate surface area is 125 Å². The molecule has 0 bridgehead atoms. The number of nitrogens with zero attached hydrogens (tertiary/aromatic N) is 1. The lowest BCUT2D eigenvalue weighted by molar-refractivity contribution is -0.123. The maximum atomic E-state index is 12.0. The molecule has 116 valence electrons. The Hall–Kier alpha value is -1.33. The van der Waals surface area contributed by atoms with Crippen molar-refractivity contribution in [1.82, 2.24) is 10.2 Å². The number of nitrogens with one attached hydrogen (secondary N) is 1. The SMILES string of the molecule is O=C(CC1CCOC1)NC1CCN(Cc2ccco2)CC1. The Morgan fingerprint density at radius 3 is 2.86 bits per heavy atom. The maximum absolute atomic E-state index is 12.0. The van der Waals surface area contributed by atoms with Crippen molar-refractivity contribution in [3.8, 4) is 0 Å². The molecule has 0 spiro atoms. The van der Waals surface area contributed by atoms with Gasteiger partial charge in [-0.3, -0.25) is 9.69 Å². The fourth-order valence-electron chi connectivity index (χ4n) is 3.15. The first kappa shape index (κ1) is 14.6. The quantitative estimate of drug-likeness (QED) is 0.899. The average Bonchev–Trinajstić information content (AvgIpc) is 3.14. The normalized spacial score (nSPS) is 24.3. The first-order chi connectivity index (χ1) is 10.3. The number of carbonyl (C=O) groups excluding carboxylic acids is 1. The van der Waals surface area contributed by atoms with E-state index >= 15 is 0 Å². The molecule has 1 unspecified atom stereocenters. The molecule has 5 nitrogen and oxygen atoms in total. The van der Waals surface area contributed by atoms with Gasteiger partial charge in [0.15, 0.2) is 0 Å². The van der Waals surface area contributed by atoms with E-state index in [2.05, 4.69) is 10.2 Å². The lowest BCUT2D eigenvalue weighted by Gasteiger charge is -2.31. The molecule has 3 heterocycles. The van der Waals surface area contributed by atoms with Gasteiger partial charge in [0.1, 0.15) is 5.76 Å². The third kappa shape index (κ3) is 4.32. The third-order valence-corrected chi connectivity index (χ3v) is 4.41. The van der Waals surface area contributed by atoms with Gasteiger partial charge in [0.05, 0.1) is 12.8 Å². The molecule has 1 amide bonds. The van der Waals surface area contributed by atoms with E-state index in [0.717, 1.165) is 57.9 Å². The molecule has 1 aromatic heterocycles. The van der Waals surface area contributed by atoms with Crippen molar-refractivity contribution >= 4 is 5.91 Å². The maximum Gasteiger partial charge on any atom is 0.220 e. The molecule has 2 aliphatic heterocycles. The first-order valence-electron chi connectivity index (χ1n) is 7.91. The van der Waals surface area contributed by atoms with Crippen LogP contribution in [0.2, 0.25) is 0 Å². The van der Waals surface area contributed by atoms with Crippen molar-refractivity contribution in [2.45, 2.75) is 38.3 Å². The third-order valence-electron chi connectivity index (χ3n) is 4.41. The first-order valence-corrected chi connectivity index (χ1v) is 7.91. The number of hydrogen-bond donors (Lipinski definition) is 1. The van der Waals surface area contributed by atoms with Crippen LogP contribution in [0.4, 0.5) is 0 Å². The topological polar surface area (TPSA) is 54.7 Å². The highest BCUT2D eigenvalue weighted by Gasteiger charge is 2.24. The number of likely N-dealkylation sites (tertiary alicyclic amines) is 1. The summed E-state index contributed by atoms with van der Waals surface area (Å²) in [5.41, 5.74) is 0. The lowest BCUT2D eigenvalue weighted by atomic mass is 10.0. The van der Waals surface area contributed by atoms with Crippen LogP contribution in [0.15, 0.2) is 22.8 Å². The van der Waals surface area contributed by atoms with Crippen LogP contribution < -0.4 is 5.32 Å². The second kappa shape index (κ2) is 7.09. The van der Waals surface area contributed by atoms with Crippen LogP contribution >= 0.6 is 0 Å². The molecule has 1 N–H and O–H groups in total. The van der Waals surface area contributed by atoms with Gasteiger partial charge in [-0.2, -0.15) is 0 Å². The molecule has 0 aromatic carbocycles. The van der Waals surface area contributed by atoms with Crippen molar-refractivity contribution in [1.29, 1.82) is 0 Å². The van der Waals surface area contributed by atoms with Crippen LogP contribution in [0.3, 0.4) is 0 Å². The van der Waals surface area contributed by atoms with E-state index in [-0.39, 0.29) is 5.91 Å². The van der Waals surface area contributed by atoms with E-state index < -0.39 is 0 Å². The number of ether oxygens (including phenoxy) is 1. The summed E-state index contributed by atoms with van der Waals surface area (Å²) < 4.78 is 10.7. The molecule has 1 atom stereocenters. The number of rotatable bonds is 5. The van der Waals surface area contributed by atoms with E-state index in [0.29, 0.717) is 18.4 Å². The van der Waals surface area contributed by atoms with Gasteiger partial charge in [-0.25, -0.2) is 0 Å². The number of furan rings is 1. The molecule has 5 heteroatoms. The lowest BCUT2D eigenvalue weighted by Crippen LogP contribution is -2.44. The van der Waals surface area contributed by atoms with Crippen molar-refractivity contribution in [2.75, 3.05) is 26.3 Å². The Bertz CT molecular complexity index is 432. The molecule has 2 aliphatic rings. The minimum Gasteiger partial charge on any atom is -0.468 e. The van der Waals surface area contributed by atoms with Gasteiger partial charge < -0.3 is 14.5 Å². The number of amides is 1. The fraction of sp³-hybridized carbons (Fsp3) is 0.688. The smallest absolute Gasteiger partial charge is 0.220 e. The minimum absolute atomic E-state index is 0.190. The monoisotopic (exact) mass is 292 g/mol. The summed E-state index contributed by atoms with van der Waals surface area (Å²) in [6.07, 6.45) is 5.40. The van der Waals surface area contributed by atoms with E-state index in [9.17, 15) is 4.79 Å². The summed E-state index contributed by atoms with van der Waals surface area (Å²) in [5.74, 6) is 1.62. The average molecular weight is 292 g/mol. The summed E-state index contributed by atoms with van der Waals surface area (Å²) >= 11 is 0. The molecule has 0 aliphatic carbocycles. The van der Waals surface area contributed by atoms with Crippen LogP contribution in [0.1, 0.15) is 31.4 Å². The van der Waals surface area contributed by atoms with Crippen LogP contribution in [0, 0.1) is 5.92 Å². The predicted octanol–water partition coefficient (Wildman–Crippen LogP) is 1.79. The van der Waals surface area contributed by atoms with Gasteiger partial charge in [-0.05, 0) is 37.3 Å². The van der Waals surface area contributed by atoms with Gasteiger partial charge in [-0.15, -0.1) is 0 Å². The molecule has 2 fully saturated rings. The molecular weight excluding hydrogens is 268 g/mol. The number of carbonyl (C=O) groups is 1. The second-order valence-corrected chi connectivity index (χ2v) is 6.13. The summed E-state index contributed by atoms with van der Waals surface area (Å²) in [5, 5.41) is 3.18. The highest BCUT2D eigenvalue weighted by molar-refractivity contribution is 5.76. The van der Waals surface area contributed by atoms with Crippen LogP contribution in [-0.2, 0) is 16.1 Å². The van der Waals surface area contributed by atoms with Crippen LogP contribution in [-0.4, -0.2) is 43.2 Å². The standard InChI is InChI=1S/C16H24N2O3/c19-16(10-13-5-9-20-12-13)17-14-3-6-18(7-4-14)11-15-2-1-8-21-15/h1-2,8,13-14H,3-7,9-12H2,(H,17,19). The molecule has 0 saturated carbocycles. The van der Waals surface area contributed by atoms with Crippen LogP contribution in [0.25, 0.3) is 0 Å². The van der Waals surface area contributed by atoms with Crippen LogP contribution in [0.5, 0.6) is 0 Å². The van der Waals surface area contributed by atoms with Crippen molar-refractivity contribution < 1.29 is 13.9 Å². The Kier molecular flexibility index (Phi) is 4.93. The molecule has 0 radical (unpaired) electrons. The Morgan fingerprint density at radius 2 is 2.19 bits per heavy atom. The zero-order chi connectivity index (χ0) is 14.5. The molecule has 1 aromatic rings. The zero-order valence-electron chi connectivity index (χ0n) is 12.4. The van der Waals surface area contributed by atoms with Gasteiger partial charge in [-0.1, -0.05) is 0 Å². The summed E-state index contributed by atoms with van der Waals surface area (Å²) in [6.45, 7) is 4.45. The highest BCUT2D eigenvalue weighted by atomic mass is 16.5. The molecular formula is C16H24N2O3. The van der Waals surface area contributed by atoms with E-state index in [4.69, 9.17) is 9.15 Å². The zero-order valence-corrected chi connectivity index (χ0v) is 12.4. The van der Waals surface area contributed by atoms with E-state index in [1.807, 2.05) is 12.1 Å². The fourth-order valence-corrected chi connectivity index (χ4v) is 3.15. The largest absolute Gasteiger partial charge is 0.468 e. The van der Waals surface area contributed by atoms with E-state index in [1.54, 1.807) is 6.26 Å². The van der Waals surface area contributed by atoms with Gasteiger partial charge in [0.2, 0.25) is 5.91 Å². The Morgan fingerprint density at radius 1 is 1.33 bits per heavy atom. The molecule has 3 rings (SSSR count). The molecule has 2 saturated heterocycles. The van der Waals surface area contributed by atoms with Crippen molar-refractivity contribution in [3.05, 3.63) is 24.2 Å². The summed E-state index contributed by atoms with van der Waals surface area (Å²) in [6, 6.07) is 4.26. The highest BCUT2D eigenvalue weighted by Crippen LogP contribution is 2.18. The molecule has 21 heavy (non-hydrogen) atoms. The van der Waals surface area contributed by atoms with Gasteiger partial charge >= 0.3 is 0 Å². The van der Waals surface area contributed by atoms with Gasteiger partial charge in [0.25, 0.3) is 0 Å². The minimum atomic E-state index is 0.190. The van der Waals surface area contributed by atoms with Crippen molar-refractivity contribution in [2.24, 2.45) is 5.92 Å². The van der Waals surface area contributed by atoms with E-state index in [1.165, 1.54) is 0 Å². The second-order valence-electron chi connectivity index (χ2n) is 6.13. The Balaban J connectivity index is 1.36. The summed E-state index contributed by atoms with van der Waals surface area (Å²) in [7, 11) is 0. The van der Waals surface area contributed by atoms with Crippen molar-refractivity contribution in [3.63, 3.8) is 0 Å². The summed E-state index contributed by atoms with van der Waals surface area (Å²) in [4.78, 5) is 14.4. The number of piperidine rings is 1. The number of hydrogen-bond acceptors (Lipinski definition) is 4. The predicted molar refractivity (Wildman–Crippen MR) is 78.7 cm³/mol. The van der Waals surface area contributed by atoms with Gasteiger partial charge in [0, 0.05) is 38.8 Å².